The number of hydrogen-bond donors (Lipinski definition) is 1. The molecule has 1 aliphatic carbocycles. The van der Waals surface area contributed by atoms with Crippen LogP contribution in [0.15, 0.2) is 24.3 Å². The Bertz CT molecular complexity index is 446. The van der Waals surface area contributed by atoms with E-state index < -0.39 is 11.8 Å². The average molecular weight is 234 g/mol. The SMILES string of the molecule is O=C(O)c1ccc(C=CC2CCCC2)cc1F. The first-order valence-corrected chi connectivity index (χ1v) is 5.88. The third-order valence-corrected chi connectivity index (χ3v) is 3.18. The molecule has 0 radical (unpaired) electrons. The molecule has 1 aliphatic rings. The Morgan fingerprint density at radius 2 is 2.06 bits per heavy atom. The van der Waals surface area contributed by atoms with Gasteiger partial charge in [0.15, 0.2) is 0 Å². The molecule has 0 saturated heterocycles. The molecule has 1 saturated carbocycles. The van der Waals surface area contributed by atoms with E-state index in [1.165, 1.54) is 37.8 Å². The number of halogens is 1. The molecule has 0 amide bonds. The highest BCUT2D eigenvalue weighted by atomic mass is 19.1. The number of aromatic carboxylic acids is 1. The maximum absolute atomic E-state index is 13.4. The molecule has 0 unspecified atom stereocenters. The third-order valence-electron chi connectivity index (χ3n) is 3.18. The highest BCUT2D eigenvalue weighted by Gasteiger charge is 2.12. The Balaban J connectivity index is 2.11. The lowest BCUT2D eigenvalue weighted by atomic mass is 10.1. The Morgan fingerprint density at radius 3 is 2.65 bits per heavy atom. The van der Waals surface area contributed by atoms with Crippen molar-refractivity contribution < 1.29 is 14.3 Å². The van der Waals surface area contributed by atoms with Crippen LogP contribution in [0.25, 0.3) is 6.08 Å². The standard InChI is InChI=1S/C14H15FO2/c15-13-9-11(7-8-12(13)14(16)17)6-5-10-3-1-2-4-10/h5-10H,1-4H2,(H,16,17). The van der Waals surface area contributed by atoms with Crippen molar-refractivity contribution in [1.29, 1.82) is 0 Å². The van der Waals surface area contributed by atoms with Crippen LogP contribution in [0.4, 0.5) is 4.39 Å². The van der Waals surface area contributed by atoms with E-state index in [0.717, 1.165) is 5.56 Å². The molecule has 2 rings (SSSR count). The smallest absolute Gasteiger partial charge is 0.338 e. The van der Waals surface area contributed by atoms with Gasteiger partial charge in [0.1, 0.15) is 5.82 Å². The summed E-state index contributed by atoms with van der Waals surface area (Å²) in [5, 5.41) is 8.70. The van der Waals surface area contributed by atoms with Crippen molar-refractivity contribution in [2.45, 2.75) is 25.7 Å². The van der Waals surface area contributed by atoms with E-state index in [1.54, 1.807) is 6.07 Å². The van der Waals surface area contributed by atoms with E-state index in [-0.39, 0.29) is 5.56 Å². The maximum Gasteiger partial charge on any atom is 0.338 e. The molecular formula is C14H15FO2. The Kier molecular flexibility index (Phi) is 3.57. The molecule has 90 valence electrons. The predicted octanol–water partition coefficient (Wildman–Crippen LogP) is 3.73. The second-order valence-electron chi connectivity index (χ2n) is 4.45. The molecule has 0 heterocycles. The van der Waals surface area contributed by atoms with Gasteiger partial charge in [0.2, 0.25) is 0 Å². The molecule has 0 bridgehead atoms. The van der Waals surface area contributed by atoms with E-state index in [2.05, 4.69) is 6.08 Å². The molecule has 1 N–H and O–H groups in total. The Hall–Kier alpha value is -1.64. The van der Waals surface area contributed by atoms with Gasteiger partial charge in [-0.2, -0.15) is 0 Å². The highest BCUT2D eigenvalue weighted by molar-refractivity contribution is 5.88. The minimum absolute atomic E-state index is 0.275. The van der Waals surface area contributed by atoms with Gasteiger partial charge in [0.25, 0.3) is 0 Å². The molecule has 2 nitrogen and oxygen atoms in total. The number of carbonyl (C=O) groups is 1. The molecular weight excluding hydrogens is 219 g/mol. The third kappa shape index (κ3) is 2.93. The van der Waals surface area contributed by atoms with Crippen LogP contribution in [0.2, 0.25) is 0 Å². The van der Waals surface area contributed by atoms with E-state index in [0.29, 0.717) is 5.92 Å². The summed E-state index contributed by atoms with van der Waals surface area (Å²) < 4.78 is 13.4. The summed E-state index contributed by atoms with van der Waals surface area (Å²) in [5.74, 6) is -1.31. The van der Waals surface area contributed by atoms with Crippen molar-refractivity contribution in [3.05, 3.63) is 41.2 Å². The molecule has 0 spiro atoms. The van der Waals surface area contributed by atoms with Crippen LogP contribution in [0, 0.1) is 11.7 Å². The summed E-state index contributed by atoms with van der Waals surface area (Å²) in [6, 6.07) is 4.22. The van der Waals surface area contributed by atoms with Crippen molar-refractivity contribution in [3.63, 3.8) is 0 Å². The molecule has 3 heteroatoms. The number of allylic oxidation sites excluding steroid dienone is 1. The monoisotopic (exact) mass is 234 g/mol. The minimum atomic E-state index is -1.23. The first-order valence-electron chi connectivity index (χ1n) is 5.88. The number of rotatable bonds is 3. The zero-order chi connectivity index (χ0) is 12.3. The van der Waals surface area contributed by atoms with Crippen LogP contribution < -0.4 is 0 Å². The number of hydrogen-bond acceptors (Lipinski definition) is 1. The van der Waals surface area contributed by atoms with Gasteiger partial charge in [-0.15, -0.1) is 0 Å². The van der Waals surface area contributed by atoms with Gasteiger partial charge in [0, 0.05) is 0 Å². The van der Waals surface area contributed by atoms with Gasteiger partial charge in [-0.3, -0.25) is 0 Å². The van der Waals surface area contributed by atoms with Gasteiger partial charge in [-0.1, -0.05) is 31.1 Å². The van der Waals surface area contributed by atoms with Gasteiger partial charge in [-0.05, 0) is 36.5 Å². The maximum atomic E-state index is 13.4. The zero-order valence-electron chi connectivity index (χ0n) is 9.53. The second kappa shape index (κ2) is 5.13. The lowest BCUT2D eigenvalue weighted by molar-refractivity contribution is 0.0692. The fourth-order valence-electron chi connectivity index (χ4n) is 2.21. The van der Waals surface area contributed by atoms with Crippen LogP contribution >= 0.6 is 0 Å². The van der Waals surface area contributed by atoms with Gasteiger partial charge < -0.3 is 5.11 Å². The molecule has 1 fully saturated rings. The van der Waals surface area contributed by atoms with Crippen LogP contribution in [0.3, 0.4) is 0 Å². The number of carboxylic acids is 1. The van der Waals surface area contributed by atoms with E-state index in [4.69, 9.17) is 5.11 Å². The van der Waals surface area contributed by atoms with Crippen molar-refractivity contribution in [2.24, 2.45) is 5.92 Å². The quantitative estimate of drug-likeness (QED) is 0.865. The zero-order valence-corrected chi connectivity index (χ0v) is 9.53. The van der Waals surface area contributed by atoms with Crippen molar-refractivity contribution in [1.82, 2.24) is 0 Å². The van der Waals surface area contributed by atoms with Gasteiger partial charge >= 0.3 is 5.97 Å². The molecule has 0 aromatic heterocycles. The molecule has 0 atom stereocenters. The van der Waals surface area contributed by atoms with Crippen molar-refractivity contribution >= 4 is 12.0 Å². The first kappa shape index (κ1) is 11.8. The van der Waals surface area contributed by atoms with Gasteiger partial charge in [0.05, 0.1) is 5.56 Å². The molecule has 17 heavy (non-hydrogen) atoms. The molecule has 1 aromatic rings. The van der Waals surface area contributed by atoms with Crippen molar-refractivity contribution in [2.75, 3.05) is 0 Å². The normalized spacial score (nSPS) is 16.8. The predicted molar refractivity (Wildman–Crippen MR) is 64.4 cm³/mol. The topological polar surface area (TPSA) is 37.3 Å². The fraction of sp³-hybridized carbons (Fsp3) is 0.357. The molecule has 0 aliphatic heterocycles. The van der Waals surface area contributed by atoms with E-state index in [1.807, 2.05) is 6.08 Å². The second-order valence-corrected chi connectivity index (χ2v) is 4.45. The highest BCUT2D eigenvalue weighted by Crippen LogP contribution is 2.26. The summed E-state index contributed by atoms with van der Waals surface area (Å²) in [7, 11) is 0. The number of benzene rings is 1. The lowest BCUT2D eigenvalue weighted by Crippen LogP contribution is -2.00. The first-order chi connectivity index (χ1) is 8.16. The van der Waals surface area contributed by atoms with Crippen LogP contribution in [0.1, 0.15) is 41.6 Å². The molecule has 1 aromatic carbocycles. The lowest BCUT2D eigenvalue weighted by Gasteiger charge is -2.02. The van der Waals surface area contributed by atoms with Crippen molar-refractivity contribution in [3.8, 4) is 0 Å². The number of carboxylic acid groups (broad SMARTS) is 1. The minimum Gasteiger partial charge on any atom is -0.478 e. The van der Waals surface area contributed by atoms with Crippen LogP contribution in [-0.4, -0.2) is 11.1 Å². The van der Waals surface area contributed by atoms with Gasteiger partial charge in [-0.25, -0.2) is 9.18 Å². The van der Waals surface area contributed by atoms with Crippen LogP contribution in [-0.2, 0) is 0 Å². The summed E-state index contributed by atoms with van der Waals surface area (Å²) in [6.45, 7) is 0. The Labute approximate surface area is 99.8 Å². The fourth-order valence-corrected chi connectivity index (χ4v) is 2.21. The largest absolute Gasteiger partial charge is 0.478 e. The summed E-state index contributed by atoms with van der Waals surface area (Å²) >= 11 is 0. The van der Waals surface area contributed by atoms with Crippen LogP contribution in [0.5, 0.6) is 0 Å². The van der Waals surface area contributed by atoms with E-state index in [9.17, 15) is 9.18 Å². The summed E-state index contributed by atoms with van der Waals surface area (Å²) in [5.41, 5.74) is 0.447. The summed E-state index contributed by atoms with van der Waals surface area (Å²) in [4.78, 5) is 10.6. The van der Waals surface area contributed by atoms with E-state index >= 15 is 0 Å². The Morgan fingerprint density at radius 1 is 1.35 bits per heavy atom. The summed E-state index contributed by atoms with van der Waals surface area (Å²) in [6.07, 6.45) is 8.91. The average Bonchev–Trinajstić information content (AvgIpc) is 2.78.